The van der Waals surface area contributed by atoms with E-state index in [1.807, 2.05) is 4.90 Å². The Morgan fingerprint density at radius 2 is 1.96 bits per heavy atom. The Hall–Kier alpha value is -0.830. The molecule has 4 bridgehead atoms. The second kappa shape index (κ2) is 4.87. The molecule has 0 radical (unpaired) electrons. The molecule has 130 valence electrons. The number of nitriles is 1. The number of piperidine rings is 1. The Bertz CT molecular complexity index is 618. The molecule has 6 heteroatoms. The van der Waals surface area contributed by atoms with Gasteiger partial charge in [-0.15, -0.1) is 0 Å². The van der Waals surface area contributed by atoms with Crippen LogP contribution in [0.2, 0.25) is 0 Å². The fourth-order valence-electron chi connectivity index (χ4n) is 7.08. The van der Waals surface area contributed by atoms with E-state index in [2.05, 4.69) is 10.9 Å². The van der Waals surface area contributed by atoms with Crippen LogP contribution < -0.4 is 4.84 Å². The van der Waals surface area contributed by atoms with Gasteiger partial charge in [0.15, 0.2) is 0 Å². The van der Waals surface area contributed by atoms with Gasteiger partial charge in [-0.25, -0.2) is 4.84 Å². The maximum Gasteiger partial charge on any atom is 0.242 e. The SMILES string of the molecule is N#C[C@@H]1C[C@@H]2C[C@@H]2N1C(=O)[C@@H](NCl)C12CC3CC(CC(O)(C3)C1)C2. The normalized spacial score (nSPS) is 52.0. The quantitative estimate of drug-likeness (QED) is 0.763. The van der Waals surface area contributed by atoms with Crippen molar-refractivity contribution in [2.45, 2.75) is 75.1 Å². The number of halogens is 1. The highest BCUT2D eigenvalue weighted by molar-refractivity contribution is 6.15. The van der Waals surface area contributed by atoms with E-state index in [1.165, 1.54) is 6.42 Å². The number of carbonyl (C=O) groups excluding carboxylic acids is 1. The number of likely N-dealkylation sites (tertiary alicyclic amines) is 1. The highest BCUT2D eigenvalue weighted by Crippen LogP contribution is 2.63. The lowest BCUT2D eigenvalue weighted by molar-refractivity contribution is -0.178. The number of fused-ring (bicyclic) bond motifs is 1. The second-order valence-electron chi connectivity index (χ2n) is 9.28. The predicted molar refractivity (Wildman–Crippen MR) is 87.6 cm³/mol. The molecule has 0 aromatic carbocycles. The van der Waals surface area contributed by atoms with Gasteiger partial charge in [-0.05, 0) is 86.3 Å². The topological polar surface area (TPSA) is 76.4 Å². The molecule has 1 aliphatic heterocycles. The van der Waals surface area contributed by atoms with Crippen LogP contribution in [0.1, 0.15) is 51.4 Å². The van der Waals surface area contributed by atoms with Crippen LogP contribution in [0.25, 0.3) is 0 Å². The Kier molecular flexibility index (Phi) is 3.13. The van der Waals surface area contributed by atoms with Gasteiger partial charge in [0.1, 0.15) is 12.1 Å². The summed E-state index contributed by atoms with van der Waals surface area (Å²) in [6.07, 6.45) is 7.39. The first-order valence-electron chi connectivity index (χ1n) is 9.27. The molecule has 1 amide bonds. The summed E-state index contributed by atoms with van der Waals surface area (Å²) in [5, 5.41) is 20.4. The average Bonchev–Trinajstić information content (AvgIpc) is 3.15. The van der Waals surface area contributed by atoms with Gasteiger partial charge in [0.25, 0.3) is 0 Å². The first-order chi connectivity index (χ1) is 11.5. The molecule has 24 heavy (non-hydrogen) atoms. The summed E-state index contributed by atoms with van der Waals surface area (Å²) in [5.41, 5.74) is -0.858. The molecule has 6 atom stereocenters. The molecule has 0 spiro atoms. The van der Waals surface area contributed by atoms with Gasteiger partial charge in [0, 0.05) is 6.04 Å². The molecule has 6 aliphatic rings. The number of hydrogen-bond donors (Lipinski definition) is 2. The van der Waals surface area contributed by atoms with Crippen LogP contribution >= 0.6 is 11.8 Å². The fourth-order valence-corrected chi connectivity index (χ4v) is 7.41. The van der Waals surface area contributed by atoms with Gasteiger partial charge in [-0.2, -0.15) is 5.26 Å². The van der Waals surface area contributed by atoms with E-state index in [-0.39, 0.29) is 23.4 Å². The minimum absolute atomic E-state index is 0.00731. The zero-order valence-electron chi connectivity index (χ0n) is 13.7. The summed E-state index contributed by atoms with van der Waals surface area (Å²) in [6, 6.07) is 1.76. The molecule has 5 nitrogen and oxygen atoms in total. The summed E-state index contributed by atoms with van der Waals surface area (Å²) in [6.45, 7) is 0. The van der Waals surface area contributed by atoms with Crippen LogP contribution in [0.4, 0.5) is 0 Å². The van der Waals surface area contributed by atoms with Gasteiger partial charge in [-0.1, -0.05) is 0 Å². The molecule has 1 saturated heterocycles. The monoisotopic (exact) mass is 349 g/mol. The lowest BCUT2D eigenvalue weighted by Crippen LogP contribution is -2.64. The number of nitrogens with zero attached hydrogens (tertiary/aromatic N) is 2. The fraction of sp³-hybridized carbons (Fsp3) is 0.889. The Morgan fingerprint density at radius 1 is 1.25 bits per heavy atom. The van der Waals surface area contributed by atoms with Gasteiger partial charge < -0.3 is 10.0 Å². The van der Waals surface area contributed by atoms with Gasteiger partial charge in [0.2, 0.25) is 5.91 Å². The third-order valence-corrected chi connectivity index (χ3v) is 7.77. The summed E-state index contributed by atoms with van der Waals surface area (Å²) < 4.78 is 0. The number of nitrogens with one attached hydrogen (secondary N) is 1. The Balaban J connectivity index is 1.46. The number of aliphatic hydroxyl groups is 1. The van der Waals surface area contributed by atoms with Gasteiger partial charge >= 0.3 is 0 Å². The zero-order chi connectivity index (χ0) is 16.7. The zero-order valence-corrected chi connectivity index (χ0v) is 14.5. The summed E-state index contributed by atoms with van der Waals surface area (Å²) in [7, 11) is 0. The third kappa shape index (κ3) is 2.03. The summed E-state index contributed by atoms with van der Waals surface area (Å²) in [5.74, 6) is 1.52. The number of hydrogen-bond acceptors (Lipinski definition) is 4. The van der Waals surface area contributed by atoms with E-state index in [0.29, 0.717) is 24.2 Å². The van der Waals surface area contributed by atoms with E-state index in [1.54, 1.807) is 0 Å². The number of rotatable bonds is 3. The highest BCUT2D eigenvalue weighted by Gasteiger charge is 2.63. The van der Waals surface area contributed by atoms with Crippen molar-refractivity contribution in [1.29, 1.82) is 5.26 Å². The first kappa shape index (κ1) is 15.4. The van der Waals surface area contributed by atoms with Crippen LogP contribution in [0.5, 0.6) is 0 Å². The third-order valence-electron chi connectivity index (χ3n) is 7.55. The van der Waals surface area contributed by atoms with Crippen LogP contribution in [-0.4, -0.2) is 39.6 Å². The van der Waals surface area contributed by atoms with Crippen LogP contribution in [0.15, 0.2) is 0 Å². The molecule has 5 aliphatic carbocycles. The summed E-state index contributed by atoms with van der Waals surface area (Å²) >= 11 is 6.11. The average molecular weight is 350 g/mol. The van der Waals surface area contributed by atoms with E-state index < -0.39 is 11.6 Å². The van der Waals surface area contributed by atoms with Crippen molar-refractivity contribution in [1.82, 2.24) is 9.74 Å². The van der Waals surface area contributed by atoms with Crippen molar-refractivity contribution in [2.24, 2.45) is 23.2 Å². The van der Waals surface area contributed by atoms with Gasteiger partial charge in [0.05, 0.1) is 11.7 Å². The molecule has 2 unspecified atom stereocenters. The predicted octanol–water partition coefficient (Wildman–Crippen LogP) is 1.94. The highest BCUT2D eigenvalue weighted by atomic mass is 35.5. The minimum Gasteiger partial charge on any atom is -0.390 e. The molecule has 0 aromatic rings. The van der Waals surface area contributed by atoms with E-state index in [9.17, 15) is 15.2 Å². The maximum absolute atomic E-state index is 13.3. The molecule has 5 saturated carbocycles. The van der Waals surface area contributed by atoms with Crippen LogP contribution in [-0.2, 0) is 4.79 Å². The van der Waals surface area contributed by atoms with Crippen molar-refractivity contribution >= 4 is 17.7 Å². The smallest absolute Gasteiger partial charge is 0.242 e. The Labute approximate surface area is 147 Å². The van der Waals surface area contributed by atoms with E-state index in [0.717, 1.165) is 38.5 Å². The lowest BCUT2D eigenvalue weighted by Gasteiger charge is -2.62. The van der Waals surface area contributed by atoms with Crippen molar-refractivity contribution in [2.75, 3.05) is 0 Å². The van der Waals surface area contributed by atoms with Crippen LogP contribution in [0.3, 0.4) is 0 Å². The van der Waals surface area contributed by atoms with Crippen molar-refractivity contribution < 1.29 is 9.90 Å². The van der Waals surface area contributed by atoms with E-state index in [4.69, 9.17) is 11.8 Å². The molecular formula is C18H24ClN3O2. The molecule has 2 N–H and O–H groups in total. The number of carbonyl (C=O) groups is 1. The molecular weight excluding hydrogens is 326 g/mol. The lowest BCUT2D eigenvalue weighted by atomic mass is 9.46. The largest absolute Gasteiger partial charge is 0.390 e. The first-order valence-corrected chi connectivity index (χ1v) is 9.65. The second-order valence-corrected chi connectivity index (χ2v) is 9.50. The van der Waals surface area contributed by atoms with Crippen molar-refractivity contribution in [3.63, 3.8) is 0 Å². The minimum atomic E-state index is -0.613. The number of amides is 1. The van der Waals surface area contributed by atoms with Crippen molar-refractivity contribution in [3.05, 3.63) is 0 Å². The molecule has 6 fully saturated rings. The van der Waals surface area contributed by atoms with Crippen molar-refractivity contribution in [3.8, 4) is 6.07 Å². The molecule has 1 heterocycles. The molecule has 0 aromatic heterocycles. The Morgan fingerprint density at radius 3 is 2.54 bits per heavy atom. The van der Waals surface area contributed by atoms with E-state index >= 15 is 0 Å². The molecule has 6 rings (SSSR count). The van der Waals surface area contributed by atoms with Gasteiger partial charge in [-0.3, -0.25) is 4.79 Å². The summed E-state index contributed by atoms with van der Waals surface area (Å²) in [4.78, 5) is 18.0. The standard InChI is InChI=1S/C18H24ClN3O2/c19-21-15(16(23)22-13(8-20)2-12-3-14(12)22)17-4-10-1-11(5-17)7-18(24,6-10)9-17/h10-15,21,24H,1-7,9H2/t10?,11?,12-,13+,14+,15-,17?,18?/m1/s1. The van der Waals surface area contributed by atoms with Crippen LogP contribution in [0, 0.1) is 34.5 Å². The maximum atomic E-state index is 13.3.